The third kappa shape index (κ3) is 3.75. The zero-order valence-electron chi connectivity index (χ0n) is 12.4. The SMILES string of the molecule is Cc1ccccc1/C=C(\C#N)C(=O)Nc1cc(Cl)ccc1C. The lowest BCUT2D eigenvalue weighted by Crippen LogP contribution is -2.14. The zero-order valence-corrected chi connectivity index (χ0v) is 13.1. The van der Waals surface area contributed by atoms with Gasteiger partial charge in [-0.15, -0.1) is 0 Å². The van der Waals surface area contributed by atoms with Gasteiger partial charge < -0.3 is 5.32 Å². The van der Waals surface area contributed by atoms with Crippen molar-refractivity contribution in [1.82, 2.24) is 0 Å². The van der Waals surface area contributed by atoms with Crippen LogP contribution in [0.25, 0.3) is 6.08 Å². The van der Waals surface area contributed by atoms with Crippen molar-refractivity contribution in [3.63, 3.8) is 0 Å². The van der Waals surface area contributed by atoms with Gasteiger partial charge >= 0.3 is 0 Å². The van der Waals surface area contributed by atoms with Crippen molar-refractivity contribution in [1.29, 1.82) is 5.26 Å². The van der Waals surface area contributed by atoms with E-state index in [1.165, 1.54) is 0 Å². The first-order valence-electron chi connectivity index (χ1n) is 6.76. The monoisotopic (exact) mass is 310 g/mol. The Morgan fingerprint density at radius 3 is 2.59 bits per heavy atom. The van der Waals surface area contributed by atoms with Gasteiger partial charge in [-0.3, -0.25) is 4.79 Å². The summed E-state index contributed by atoms with van der Waals surface area (Å²) in [6.07, 6.45) is 1.59. The predicted octanol–water partition coefficient (Wildman–Crippen LogP) is 4.50. The number of rotatable bonds is 3. The standard InChI is InChI=1S/C18H15ClN2O/c1-12-5-3-4-6-14(12)9-15(11-20)18(22)21-17-10-16(19)8-7-13(17)2/h3-10H,1-2H3,(H,21,22)/b15-9+. The summed E-state index contributed by atoms with van der Waals surface area (Å²) < 4.78 is 0. The molecule has 2 aromatic rings. The van der Waals surface area contributed by atoms with Gasteiger partial charge in [0.1, 0.15) is 11.6 Å². The van der Waals surface area contributed by atoms with Crippen LogP contribution in [0.1, 0.15) is 16.7 Å². The second-order valence-corrected chi connectivity index (χ2v) is 5.38. The van der Waals surface area contributed by atoms with E-state index in [4.69, 9.17) is 11.6 Å². The summed E-state index contributed by atoms with van der Waals surface area (Å²) in [4.78, 5) is 12.3. The van der Waals surface area contributed by atoms with E-state index >= 15 is 0 Å². The van der Waals surface area contributed by atoms with Crippen molar-refractivity contribution in [2.75, 3.05) is 5.32 Å². The number of hydrogen-bond donors (Lipinski definition) is 1. The molecule has 0 aromatic heterocycles. The van der Waals surface area contributed by atoms with E-state index in [1.807, 2.05) is 50.2 Å². The maximum atomic E-state index is 12.3. The number of carbonyl (C=O) groups excluding carboxylic acids is 1. The molecule has 0 saturated carbocycles. The molecule has 0 atom stereocenters. The van der Waals surface area contributed by atoms with Gasteiger partial charge in [0.15, 0.2) is 0 Å². The maximum Gasteiger partial charge on any atom is 0.266 e. The van der Waals surface area contributed by atoms with E-state index in [-0.39, 0.29) is 5.57 Å². The molecule has 4 heteroatoms. The molecule has 0 unspecified atom stereocenters. The summed E-state index contributed by atoms with van der Waals surface area (Å²) in [6.45, 7) is 3.79. The molecule has 0 heterocycles. The fourth-order valence-corrected chi connectivity index (χ4v) is 2.14. The number of halogens is 1. The molecule has 3 nitrogen and oxygen atoms in total. The lowest BCUT2D eigenvalue weighted by molar-refractivity contribution is -0.112. The highest BCUT2D eigenvalue weighted by Gasteiger charge is 2.11. The van der Waals surface area contributed by atoms with E-state index in [9.17, 15) is 10.1 Å². The molecule has 1 N–H and O–H groups in total. The highest BCUT2D eigenvalue weighted by molar-refractivity contribution is 6.31. The maximum absolute atomic E-state index is 12.3. The minimum atomic E-state index is -0.448. The first-order valence-corrected chi connectivity index (χ1v) is 7.14. The summed E-state index contributed by atoms with van der Waals surface area (Å²) in [5.74, 6) is -0.448. The van der Waals surface area contributed by atoms with Gasteiger partial charge in [0.25, 0.3) is 5.91 Å². The molecule has 0 radical (unpaired) electrons. The van der Waals surface area contributed by atoms with Crippen LogP contribution in [-0.4, -0.2) is 5.91 Å². The molecule has 0 aliphatic heterocycles. The van der Waals surface area contributed by atoms with Gasteiger partial charge in [-0.2, -0.15) is 5.26 Å². The van der Waals surface area contributed by atoms with E-state index in [0.29, 0.717) is 10.7 Å². The fourth-order valence-electron chi connectivity index (χ4n) is 1.97. The number of nitriles is 1. The molecular formula is C18H15ClN2O. The van der Waals surface area contributed by atoms with Crippen LogP contribution in [-0.2, 0) is 4.79 Å². The van der Waals surface area contributed by atoms with Gasteiger partial charge in [0.2, 0.25) is 0 Å². The van der Waals surface area contributed by atoms with Crippen LogP contribution in [0.3, 0.4) is 0 Å². The van der Waals surface area contributed by atoms with Crippen molar-refractivity contribution in [3.8, 4) is 6.07 Å². The Balaban J connectivity index is 2.29. The Hall–Kier alpha value is -2.57. The van der Waals surface area contributed by atoms with Gasteiger partial charge in [-0.05, 0) is 48.7 Å². The Labute approximate surface area is 134 Å². The molecule has 0 aliphatic rings. The Kier molecular flexibility index (Phi) is 4.98. The van der Waals surface area contributed by atoms with E-state index < -0.39 is 5.91 Å². The lowest BCUT2D eigenvalue weighted by atomic mass is 10.1. The highest BCUT2D eigenvalue weighted by Crippen LogP contribution is 2.21. The van der Waals surface area contributed by atoms with E-state index in [0.717, 1.165) is 16.7 Å². The average molecular weight is 311 g/mol. The Morgan fingerprint density at radius 2 is 1.91 bits per heavy atom. The molecule has 0 saturated heterocycles. The summed E-state index contributed by atoms with van der Waals surface area (Å²) in [7, 11) is 0. The smallest absolute Gasteiger partial charge is 0.266 e. The van der Waals surface area contributed by atoms with Crippen LogP contribution in [0.4, 0.5) is 5.69 Å². The number of nitrogens with zero attached hydrogens (tertiary/aromatic N) is 1. The minimum absolute atomic E-state index is 0.0497. The summed E-state index contributed by atoms with van der Waals surface area (Å²) in [5.41, 5.74) is 3.38. The number of nitrogens with one attached hydrogen (secondary N) is 1. The van der Waals surface area contributed by atoms with Crippen molar-refractivity contribution in [2.45, 2.75) is 13.8 Å². The van der Waals surface area contributed by atoms with Crippen molar-refractivity contribution in [2.24, 2.45) is 0 Å². The van der Waals surface area contributed by atoms with Crippen LogP contribution in [0.5, 0.6) is 0 Å². The molecule has 0 spiro atoms. The van der Waals surface area contributed by atoms with E-state index in [2.05, 4.69) is 5.32 Å². The molecule has 110 valence electrons. The van der Waals surface area contributed by atoms with Gasteiger partial charge in [-0.25, -0.2) is 0 Å². The number of benzene rings is 2. The molecule has 0 fully saturated rings. The fraction of sp³-hybridized carbons (Fsp3) is 0.111. The summed E-state index contributed by atoms with van der Waals surface area (Å²) >= 11 is 5.93. The topological polar surface area (TPSA) is 52.9 Å². The van der Waals surface area contributed by atoms with Crippen LogP contribution in [0.2, 0.25) is 5.02 Å². The Bertz CT molecular complexity index is 788. The minimum Gasteiger partial charge on any atom is -0.321 e. The van der Waals surface area contributed by atoms with Crippen LogP contribution in [0, 0.1) is 25.2 Å². The number of amides is 1. The van der Waals surface area contributed by atoms with Crippen molar-refractivity contribution < 1.29 is 4.79 Å². The number of carbonyl (C=O) groups is 1. The molecule has 0 bridgehead atoms. The average Bonchev–Trinajstić information content (AvgIpc) is 2.50. The summed E-state index contributed by atoms with van der Waals surface area (Å²) in [5, 5.41) is 12.5. The first-order chi connectivity index (χ1) is 10.5. The number of hydrogen-bond acceptors (Lipinski definition) is 2. The highest BCUT2D eigenvalue weighted by atomic mass is 35.5. The van der Waals surface area contributed by atoms with Gasteiger partial charge in [0.05, 0.1) is 0 Å². The van der Waals surface area contributed by atoms with E-state index in [1.54, 1.807) is 18.2 Å². The Morgan fingerprint density at radius 1 is 1.18 bits per heavy atom. The van der Waals surface area contributed by atoms with Gasteiger partial charge in [0, 0.05) is 10.7 Å². The molecule has 22 heavy (non-hydrogen) atoms. The second kappa shape index (κ2) is 6.93. The third-order valence-electron chi connectivity index (χ3n) is 3.30. The zero-order chi connectivity index (χ0) is 16.1. The summed E-state index contributed by atoms with van der Waals surface area (Å²) in [6, 6.07) is 14.8. The molecule has 0 aliphatic carbocycles. The van der Waals surface area contributed by atoms with Crippen LogP contribution >= 0.6 is 11.6 Å². The number of anilines is 1. The molecular weight excluding hydrogens is 296 g/mol. The quantitative estimate of drug-likeness (QED) is 0.670. The molecule has 1 amide bonds. The number of aryl methyl sites for hydroxylation is 2. The normalized spacial score (nSPS) is 10.9. The molecule has 2 rings (SSSR count). The van der Waals surface area contributed by atoms with Crippen molar-refractivity contribution >= 4 is 29.3 Å². The van der Waals surface area contributed by atoms with Gasteiger partial charge in [-0.1, -0.05) is 41.9 Å². The first kappa shape index (κ1) is 15.8. The second-order valence-electron chi connectivity index (χ2n) is 4.94. The molecule has 2 aromatic carbocycles. The lowest BCUT2D eigenvalue weighted by Gasteiger charge is -2.08. The predicted molar refractivity (Wildman–Crippen MR) is 89.6 cm³/mol. The largest absolute Gasteiger partial charge is 0.321 e. The van der Waals surface area contributed by atoms with Crippen LogP contribution < -0.4 is 5.32 Å². The van der Waals surface area contributed by atoms with Crippen LogP contribution in [0.15, 0.2) is 48.0 Å². The van der Waals surface area contributed by atoms with Crippen molar-refractivity contribution in [3.05, 3.63) is 69.8 Å². The third-order valence-corrected chi connectivity index (χ3v) is 3.54.